The van der Waals surface area contributed by atoms with Gasteiger partial charge in [-0.3, -0.25) is 0 Å². The van der Waals surface area contributed by atoms with E-state index in [2.05, 4.69) is 37.9 Å². The number of halogens is 3. The van der Waals surface area contributed by atoms with Gasteiger partial charge < -0.3 is 0 Å². The van der Waals surface area contributed by atoms with Crippen LogP contribution in [-0.4, -0.2) is 0 Å². The van der Waals surface area contributed by atoms with Crippen LogP contribution in [0.2, 0.25) is 0 Å². The third kappa shape index (κ3) is 2.87. The van der Waals surface area contributed by atoms with Crippen LogP contribution in [0, 0.1) is 17.1 Å². The molecule has 1 heterocycles. The fourth-order valence-electron chi connectivity index (χ4n) is 2.16. The van der Waals surface area contributed by atoms with E-state index in [1.807, 2.05) is 12.1 Å². The molecule has 0 amide bonds. The molecule has 3 aromatic rings. The molecule has 0 aliphatic heterocycles. The largest absolute Gasteiger partial charge is 0.207 e. The van der Waals surface area contributed by atoms with Gasteiger partial charge in [-0.2, -0.15) is 5.26 Å². The smallest absolute Gasteiger partial charge is 0.123 e. The first kappa shape index (κ1) is 15.4. The van der Waals surface area contributed by atoms with Gasteiger partial charge in [0.25, 0.3) is 0 Å². The number of hydrogen-bond donors (Lipinski definition) is 0. The molecule has 0 saturated carbocycles. The Morgan fingerprint density at radius 2 is 1.50 bits per heavy atom. The standard InChI is InChI=1S/C17H8Br2FNS/c18-15-14(11-3-1-10(9-21)2-4-11)16(22-17(15)19)12-5-7-13(20)8-6-12/h1-8H. The molecule has 0 fully saturated rings. The number of benzene rings is 2. The maximum Gasteiger partial charge on any atom is 0.123 e. The Balaban J connectivity index is 2.18. The summed E-state index contributed by atoms with van der Waals surface area (Å²) < 4.78 is 15.1. The summed E-state index contributed by atoms with van der Waals surface area (Å²) in [7, 11) is 0. The monoisotopic (exact) mass is 435 g/mol. The summed E-state index contributed by atoms with van der Waals surface area (Å²) in [4.78, 5) is 1.04. The molecular formula is C17H8Br2FNS. The molecule has 1 aromatic heterocycles. The first-order valence-electron chi connectivity index (χ1n) is 6.34. The van der Waals surface area contributed by atoms with E-state index in [0.717, 1.165) is 29.8 Å². The summed E-state index contributed by atoms with van der Waals surface area (Å²) in [6.07, 6.45) is 0. The molecule has 5 heteroatoms. The van der Waals surface area contributed by atoms with Crippen molar-refractivity contribution in [2.75, 3.05) is 0 Å². The molecule has 0 spiro atoms. The van der Waals surface area contributed by atoms with E-state index < -0.39 is 0 Å². The topological polar surface area (TPSA) is 23.8 Å². The predicted octanol–water partition coefficient (Wildman–Crippen LogP) is 6.62. The lowest BCUT2D eigenvalue weighted by atomic mass is 10.0. The predicted molar refractivity (Wildman–Crippen MR) is 95.3 cm³/mol. The van der Waals surface area contributed by atoms with Gasteiger partial charge in [-0.05, 0) is 67.3 Å². The number of hydrogen-bond acceptors (Lipinski definition) is 2. The van der Waals surface area contributed by atoms with Crippen molar-refractivity contribution in [3.05, 3.63) is 68.2 Å². The Labute approximate surface area is 148 Å². The summed E-state index contributed by atoms with van der Waals surface area (Å²) in [5.41, 5.74) is 3.62. The van der Waals surface area contributed by atoms with Crippen LogP contribution in [0.1, 0.15) is 5.56 Å². The quantitative estimate of drug-likeness (QED) is 0.442. The highest BCUT2D eigenvalue weighted by Gasteiger charge is 2.18. The van der Waals surface area contributed by atoms with Gasteiger partial charge in [0.1, 0.15) is 5.82 Å². The molecule has 1 nitrogen and oxygen atoms in total. The molecule has 3 rings (SSSR count). The van der Waals surface area contributed by atoms with E-state index in [1.54, 1.807) is 35.6 Å². The highest BCUT2D eigenvalue weighted by Crippen LogP contribution is 2.48. The third-order valence-corrected chi connectivity index (χ3v) is 6.72. The van der Waals surface area contributed by atoms with Gasteiger partial charge in [0, 0.05) is 10.4 Å². The van der Waals surface area contributed by atoms with Crippen LogP contribution in [0.3, 0.4) is 0 Å². The average molecular weight is 437 g/mol. The van der Waals surface area contributed by atoms with Crippen molar-refractivity contribution in [2.24, 2.45) is 0 Å². The van der Waals surface area contributed by atoms with Crippen LogP contribution in [-0.2, 0) is 0 Å². The maximum absolute atomic E-state index is 13.1. The number of rotatable bonds is 2. The highest BCUT2D eigenvalue weighted by molar-refractivity contribution is 9.13. The van der Waals surface area contributed by atoms with E-state index in [0.29, 0.717) is 5.56 Å². The Kier molecular flexibility index (Phi) is 4.44. The molecule has 0 aliphatic carbocycles. The summed E-state index contributed by atoms with van der Waals surface area (Å²) in [6, 6.07) is 16.0. The van der Waals surface area contributed by atoms with Crippen molar-refractivity contribution in [1.29, 1.82) is 5.26 Å². The lowest BCUT2D eigenvalue weighted by Crippen LogP contribution is -1.82. The van der Waals surface area contributed by atoms with Gasteiger partial charge in [0.05, 0.1) is 19.9 Å². The second-order valence-electron chi connectivity index (χ2n) is 4.59. The molecule has 0 radical (unpaired) electrons. The summed E-state index contributed by atoms with van der Waals surface area (Å²) in [5.74, 6) is -0.252. The highest BCUT2D eigenvalue weighted by atomic mass is 79.9. The zero-order valence-electron chi connectivity index (χ0n) is 11.1. The minimum absolute atomic E-state index is 0.252. The van der Waals surface area contributed by atoms with E-state index in [1.165, 1.54) is 12.1 Å². The van der Waals surface area contributed by atoms with Crippen LogP contribution >= 0.6 is 43.2 Å². The SMILES string of the molecule is N#Cc1ccc(-c2c(-c3ccc(F)cc3)sc(Br)c2Br)cc1. The molecule has 108 valence electrons. The zero-order chi connectivity index (χ0) is 15.7. The Morgan fingerprint density at radius 1 is 0.909 bits per heavy atom. The van der Waals surface area contributed by atoms with Gasteiger partial charge >= 0.3 is 0 Å². The molecular weight excluding hydrogens is 429 g/mol. The molecule has 0 unspecified atom stereocenters. The Hall–Kier alpha value is -1.48. The van der Waals surface area contributed by atoms with Gasteiger partial charge in [-0.15, -0.1) is 11.3 Å². The zero-order valence-corrected chi connectivity index (χ0v) is 15.1. The molecule has 22 heavy (non-hydrogen) atoms. The van der Waals surface area contributed by atoms with E-state index in [-0.39, 0.29) is 5.82 Å². The summed E-state index contributed by atoms with van der Waals surface area (Å²) in [5, 5.41) is 8.92. The molecule has 0 bridgehead atoms. The lowest BCUT2D eigenvalue weighted by molar-refractivity contribution is 0.628. The Morgan fingerprint density at radius 3 is 2.09 bits per heavy atom. The molecule has 0 atom stereocenters. The van der Waals surface area contributed by atoms with Crippen molar-refractivity contribution in [3.8, 4) is 27.6 Å². The first-order chi connectivity index (χ1) is 10.6. The van der Waals surface area contributed by atoms with Crippen LogP contribution in [0.5, 0.6) is 0 Å². The second kappa shape index (κ2) is 6.33. The minimum atomic E-state index is -0.252. The van der Waals surface area contributed by atoms with E-state index >= 15 is 0 Å². The first-order valence-corrected chi connectivity index (χ1v) is 8.74. The average Bonchev–Trinajstić information content (AvgIpc) is 2.84. The minimum Gasteiger partial charge on any atom is -0.207 e. The molecule has 0 aliphatic rings. The van der Waals surface area contributed by atoms with Crippen molar-refractivity contribution in [3.63, 3.8) is 0 Å². The number of nitrogens with zero attached hydrogens (tertiary/aromatic N) is 1. The van der Waals surface area contributed by atoms with Crippen LogP contribution in [0.4, 0.5) is 4.39 Å². The fraction of sp³-hybridized carbons (Fsp3) is 0. The summed E-state index contributed by atoms with van der Waals surface area (Å²) in [6.45, 7) is 0. The van der Waals surface area contributed by atoms with Crippen molar-refractivity contribution in [2.45, 2.75) is 0 Å². The second-order valence-corrected chi connectivity index (χ2v) is 7.72. The van der Waals surface area contributed by atoms with E-state index in [9.17, 15) is 4.39 Å². The molecule has 0 N–H and O–H groups in total. The van der Waals surface area contributed by atoms with Gasteiger partial charge in [-0.25, -0.2) is 4.39 Å². The Bertz CT molecular complexity index is 861. The molecule has 2 aromatic carbocycles. The van der Waals surface area contributed by atoms with Crippen molar-refractivity contribution >= 4 is 43.2 Å². The van der Waals surface area contributed by atoms with Crippen molar-refractivity contribution in [1.82, 2.24) is 0 Å². The number of nitriles is 1. The van der Waals surface area contributed by atoms with Crippen LogP contribution in [0.25, 0.3) is 21.6 Å². The van der Waals surface area contributed by atoms with Crippen LogP contribution < -0.4 is 0 Å². The van der Waals surface area contributed by atoms with E-state index in [4.69, 9.17) is 5.26 Å². The lowest BCUT2D eigenvalue weighted by Gasteiger charge is -2.06. The normalized spacial score (nSPS) is 10.5. The third-order valence-electron chi connectivity index (χ3n) is 3.22. The van der Waals surface area contributed by atoms with Gasteiger partial charge in [0.2, 0.25) is 0 Å². The maximum atomic E-state index is 13.1. The van der Waals surface area contributed by atoms with Gasteiger partial charge in [-0.1, -0.05) is 24.3 Å². The van der Waals surface area contributed by atoms with Crippen molar-refractivity contribution < 1.29 is 4.39 Å². The molecule has 0 saturated heterocycles. The number of thiophene rings is 1. The summed E-state index contributed by atoms with van der Waals surface area (Å²) >= 11 is 8.75. The fourth-order valence-corrected chi connectivity index (χ4v) is 4.59. The van der Waals surface area contributed by atoms with Crippen LogP contribution in [0.15, 0.2) is 56.8 Å². The van der Waals surface area contributed by atoms with Gasteiger partial charge in [0.15, 0.2) is 0 Å².